The Bertz CT molecular complexity index is 868. The smallest absolute Gasteiger partial charge is 0.222 e. The second-order valence-electron chi connectivity index (χ2n) is 11.1. The van der Waals surface area contributed by atoms with E-state index in [2.05, 4.69) is 5.32 Å². The number of rotatable bonds is 13. The van der Waals surface area contributed by atoms with Gasteiger partial charge in [0.25, 0.3) is 0 Å². The predicted molar refractivity (Wildman–Crippen MR) is 144 cm³/mol. The van der Waals surface area contributed by atoms with Crippen molar-refractivity contribution >= 4 is 17.5 Å². The Morgan fingerprint density at radius 3 is 2.68 bits per heavy atom. The summed E-state index contributed by atoms with van der Waals surface area (Å²) in [6.45, 7) is 2.33. The summed E-state index contributed by atoms with van der Waals surface area (Å²) >= 11 is 5.91. The summed E-state index contributed by atoms with van der Waals surface area (Å²) in [6.07, 6.45) is 10.9. The van der Waals surface area contributed by atoms with Crippen LogP contribution in [0.15, 0.2) is 12.1 Å². The standard InChI is InChI=1S/C29H45ClF2N2O3/c1-33-19-22(17-21-9-4-3-5-10-21)18-26(35)34-15-8-11-23(20-34)29(36,14-6-7-16-37-2)24-12-13-25(31)27(30)28(24)32/h12-13,21-23,33,36H,3-11,14-20H2,1-2H3/t22-,23-,29+/m1/s1. The minimum atomic E-state index is -1.55. The monoisotopic (exact) mass is 542 g/mol. The molecule has 8 heteroatoms. The third-order valence-electron chi connectivity index (χ3n) is 8.45. The number of methoxy groups -OCH3 is 1. The molecule has 2 N–H and O–H groups in total. The summed E-state index contributed by atoms with van der Waals surface area (Å²) in [5, 5.41) is 14.6. The molecule has 0 radical (unpaired) electrons. The Kier molecular flexibility index (Phi) is 12.1. The lowest BCUT2D eigenvalue weighted by Crippen LogP contribution is -2.49. The lowest BCUT2D eigenvalue weighted by molar-refractivity contribution is -0.138. The number of benzene rings is 1. The molecule has 1 aliphatic carbocycles. The number of nitrogens with one attached hydrogen (secondary N) is 1. The molecule has 1 saturated heterocycles. The first kappa shape index (κ1) is 30.3. The first-order chi connectivity index (χ1) is 17.8. The molecule has 0 bridgehead atoms. The molecule has 1 saturated carbocycles. The molecule has 1 amide bonds. The SMILES string of the molecule is CNC[C@@H](CC(=O)N1CCC[C@@H]([C@@](O)(CCCCOC)c2ccc(F)c(Cl)c2F)C1)CC1CCCCC1. The van der Waals surface area contributed by atoms with E-state index < -0.39 is 22.3 Å². The fourth-order valence-electron chi connectivity index (χ4n) is 6.45. The van der Waals surface area contributed by atoms with Gasteiger partial charge >= 0.3 is 0 Å². The van der Waals surface area contributed by atoms with Crippen molar-refractivity contribution in [2.45, 2.75) is 82.7 Å². The van der Waals surface area contributed by atoms with Gasteiger partial charge in [0.15, 0.2) is 5.82 Å². The van der Waals surface area contributed by atoms with Crippen LogP contribution in [0.1, 0.15) is 82.6 Å². The lowest BCUT2D eigenvalue weighted by atomic mass is 9.73. The molecule has 0 spiro atoms. The number of aliphatic hydroxyl groups is 1. The molecule has 210 valence electrons. The highest BCUT2D eigenvalue weighted by atomic mass is 35.5. The van der Waals surface area contributed by atoms with Gasteiger partial charge in [0.05, 0.1) is 5.60 Å². The quantitative estimate of drug-likeness (QED) is 0.235. The van der Waals surface area contributed by atoms with Crippen LogP contribution < -0.4 is 5.32 Å². The molecular weight excluding hydrogens is 498 g/mol. The average molecular weight is 543 g/mol. The van der Waals surface area contributed by atoms with Crippen molar-refractivity contribution in [2.75, 3.05) is 40.4 Å². The van der Waals surface area contributed by atoms with Crippen LogP contribution in [0.4, 0.5) is 8.78 Å². The van der Waals surface area contributed by atoms with Crippen LogP contribution in [0.2, 0.25) is 5.02 Å². The number of carbonyl (C=O) groups excluding carboxylic acids is 1. The molecule has 3 atom stereocenters. The molecule has 1 aromatic carbocycles. The maximum Gasteiger partial charge on any atom is 0.222 e. The van der Waals surface area contributed by atoms with Crippen LogP contribution in [0.3, 0.4) is 0 Å². The number of halogens is 3. The van der Waals surface area contributed by atoms with E-state index in [1.165, 1.54) is 38.2 Å². The molecule has 0 unspecified atom stereocenters. The molecule has 37 heavy (non-hydrogen) atoms. The maximum atomic E-state index is 15.2. The summed E-state index contributed by atoms with van der Waals surface area (Å²) in [7, 11) is 3.55. The lowest BCUT2D eigenvalue weighted by Gasteiger charge is -2.43. The second-order valence-corrected chi connectivity index (χ2v) is 11.5. The number of hydrogen-bond acceptors (Lipinski definition) is 4. The van der Waals surface area contributed by atoms with E-state index >= 15 is 4.39 Å². The van der Waals surface area contributed by atoms with Gasteiger partial charge in [-0.25, -0.2) is 8.78 Å². The fraction of sp³-hybridized carbons (Fsp3) is 0.759. The first-order valence-electron chi connectivity index (χ1n) is 14.1. The normalized spacial score (nSPS) is 21.6. The van der Waals surface area contributed by atoms with Gasteiger partial charge in [0.1, 0.15) is 10.8 Å². The largest absolute Gasteiger partial charge is 0.385 e. The van der Waals surface area contributed by atoms with Gasteiger partial charge in [-0.1, -0.05) is 49.8 Å². The van der Waals surface area contributed by atoms with Gasteiger partial charge in [-0.3, -0.25) is 4.79 Å². The Morgan fingerprint density at radius 2 is 1.97 bits per heavy atom. The number of unbranched alkanes of at least 4 members (excludes halogenated alkanes) is 1. The minimum absolute atomic E-state index is 0.0148. The molecule has 3 rings (SSSR count). The van der Waals surface area contributed by atoms with Crippen molar-refractivity contribution in [3.63, 3.8) is 0 Å². The second kappa shape index (κ2) is 14.8. The molecule has 2 fully saturated rings. The van der Waals surface area contributed by atoms with Crippen LogP contribution in [0.5, 0.6) is 0 Å². The average Bonchev–Trinajstić information content (AvgIpc) is 2.90. The number of likely N-dealkylation sites (tertiary alicyclic amines) is 1. The number of ether oxygens (including phenoxy) is 1. The zero-order valence-electron chi connectivity index (χ0n) is 22.5. The molecular formula is C29H45ClF2N2O3. The number of amides is 1. The van der Waals surface area contributed by atoms with Crippen LogP contribution in [-0.2, 0) is 15.1 Å². The maximum absolute atomic E-state index is 15.2. The zero-order chi connectivity index (χ0) is 26.8. The van der Waals surface area contributed by atoms with Gasteiger partial charge in [-0.05, 0) is 70.0 Å². The number of piperidine rings is 1. The third-order valence-corrected chi connectivity index (χ3v) is 8.80. The van der Waals surface area contributed by atoms with Gasteiger partial charge in [0.2, 0.25) is 5.91 Å². The van der Waals surface area contributed by atoms with Crippen molar-refractivity contribution < 1.29 is 23.4 Å². The first-order valence-corrected chi connectivity index (χ1v) is 14.5. The summed E-state index contributed by atoms with van der Waals surface area (Å²) in [6, 6.07) is 2.42. The Balaban J connectivity index is 1.74. The van der Waals surface area contributed by atoms with Crippen LogP contribution in [0, 0.1) is 29.4 Å². The van der Waals surface area contributed by atoms with Gasteiger partial charge in [-0.2, -0.15) is 0 Å². The zero-order valence-corrected chi connectivity index (χ0v) is 23.3. The van der Waals surface area contributed by atoms with E-state index in [1.807, 2.05) is 11.9 Å². The fourth-order valence-corrected chi connectivity index (χ4v) is 6.62. The van der Waals surface area contributed by atoms with Crippen molar-refractivity contribution in [3.05, 3.63) is 34.4 Å². The van der Waals surface area contributed by atoms with E-state index in [0.717, 1.165) is 25.5 Å². The molecule has 0 aromatic heterocycles. The molecule has 5 nitrogen and oxygen atoms in total. The van der Waals surface area contributed by atoms with Crippen LogP contribution in [0.25, 0.3) is 0 Å². The predicted octanol–water partition coefficient (Wildman–Crippen LogP) is 6.06. The number of carbonyl (C=O) groups is 1. The summed E-state index contributed by atoms with van der Waals surface area (Å²) in [5.41, 5.74) is -1.54. The summed E-state index contributed by atoms with van der Waals surface area (Å²) < 4.78 is 34.3. The topological polar surface area (TPSA) is 61.8 Å². The summed E-state index contributed by atoms with van der Waals surface area (Å²) in [5.74, 6) is -1.07. The minimum Gasteiger partial charge on any atom is -0.385 e. The van der Waals surface area contributed by atoms with E-state index in [9.17, 15) is 14.3 Å². The van der Waals surface area contributed by atoms with Crippen LogP contribution >= 0.6 is 11.6 Å². The molecule has 2 aliphatic rings. The van der Waals surface area contributed by atoms with Gasteiger partial charge in [0, 0.05) is 44.7 Å². The van der Waals surface area contributed by atoms with Gasteiger partial charge in [-0.15, -0.1) is 0 Å². The molecule has 1 aliphatic heterocycles. The number of nitrogens with zero attached hydrogens (tertiary/aromatic N) is 1. The molecule has 1 aromatic rings. The third kappa shape index (κ3) is 8.11. The van der Waals surface area contributed by atoms with Crippen molar-refractivity contribution in [2.24, 2.45) is 17.8 Å². The van der Waals surface area contributed by atoms with E-state index in [1.54, 1.807) is 7.11 Å². The summed E-state index contributed by atoms with van der Waals surface area (Å²) in [4.78, 5) is 15.3. The van der Waals surface area contributed by atoms with Crippen molar-refractivity contribution in [1.82, 2.24) is 10.2 Å². The van der Waals surface area contributed by atoms with E-state index in [-0.39, 0.29) is 29.7 Å². The van der Waals surface area contributed by atoms with Crippen LogP contribution in [-0.4, -0.2) is 56.3 Å². The Morgan fingerprint density at radius 1 is 1.22 bits per heavy atom. The molecule has 1 heterocycles. The highest BCUT2D eigenvalue weighted by Gasteiger charge is 2.43. The highest BCUT2D eigenvalue weighted by Crippen LogP contribution is 2.42. The Hall–Kier alpha value is -1.28. The van der Waals surface area contributed by atoms with Gasteiger partial charge < -0.3 is 20.1 Å². The van der Waals surface area contributed by atoms with Crippen molar-refractivity contribution in [3.8, 4) is 0 Å². The van der Waals surface area contributed by atoms with Crippen molar-refractivity contribution in [1.29, 1.82) is 0 Å². The van der Waals surface area contributed by atoms with E-state index in [4.69, 9.17) is 16.3 Å². The highest BCUT2D eigenvalue weighted by molar-refractivity contribution is 6.31. The van der Waals surface area contributed by atoms with E-state index in [0.29, 0.717) is 51.3 Å². The Labute approximate surface area is 226 Å². The number of hydrogen-bond donors (Lipinski definition) is 2.